The highest BCUT2D eigenvalue weighted by Gasteiger charge is 2.08. The number of anilines is 1. The highest BCUT2D eigenvalue weighted by atomic mass is 16.5. The number of carbonyl (C=O) groups is 1. The molecule has 0 saturated carbocycles. The molecule has 0 saturated heterocycles. The molecule has 2 aromatic heterocycles. The van der Waals surface area contributed by atoms with Gasteiger partial charge in [-0.3, -0.25) is 4.79 Å². The van der Waals surface area contributed by atoms with E-state index in [0.717, 1.165) is 11.1 Å². The number of carbonyl (C=O) groups excluding carboxylic acids is 1. The van der Waals surface area contributed by atoms with Crippen molar-refractivity contribution in [2.45, 2.75) is 13.8 Å². The van der Waals surface area contributed by atoms with Crippen LogP contribution in [0.3, 0.4) is 0 Å². The fourth-order valence-electron chi connectivity index (χ4n) is 2.81. The molecule has 0 bridgehead atoms. The van der Waals surface area contributed by atoms with Gasteiger partial charge in [0.05, 0.1) is 0 Å². The number of rotatable bonds is 5. The Morgan fingerprint density at radius 2 is 1.66 bits per heavy atom. The second-order valence-electron chi connectivity index (χ2n) is 6.70. The zero-order valence-electron chi connectivity index (χ0n) is 16.2. The van der Waals surface area contributed by atoms with Gasteiger partial charge in [0.1, 0.15) is 5.75 Å². The van der Waals surface area contributed by atoms with Gasteiger partial charge in [0.25, 0.3) is 5.91 Å². The predicted molar refractivity (Wildman–Crippen MR) is 112 cm³/mol. The third kappa shape index (κ3) is 4.32. The van der Waals surface area contributed by atoms with E-state index in [-0.39, 0.29) is 5.91 Å². The molecule has 0 fully saturated rings. The van der Waals surface area contributed by atoms with E-state index >= 15 is 0 Å². The topological polar surface area (TPSA) is 69.0 Å². The van der Waals surface area contributed by atoms with Gasteiger partial charge in [-0.25, -0.2) is 0 Å². The van der Waals surface area contributed by atoms with E-state index in [9.17, 15) is 4.79 Å². The summed E-state index contributed by atoms with van der Waals surface area (Å²) >= 11 is 0. The van der Waals surface area contributed by atoms with Crippen molar-refractivity contribution in [1.82, 2.24) is 14.8 Å². The van der Waals surface area contributed by atoms with Gasteiger partial charge >= 0.3 is 0 Å². The fourth-order valence-corrected chi connectivity index (χ4v) is 2.81. The van der Waals surface area contributed by atoms with Crippen molar-refractivity contribution < 1.29 is 9.53 Å². The molecule has 0 aliphatic carbocycles. The van der Waals surface area contributed by atoms with Crippen molar-refractivity contribution in [2.75, 3.05) is 5.32 Å². The monoisotopic (exact) mass is 384 g/mol. The van der Waals surface area contributed by atoms with Crippen LogP contribution in [0.1, 0.15) is 21.5 Å². The molecule has 4 rings (SSSR count). The van der Waals surface area contributed by atoms with Crippen LogP contribution in [-0.2, 0) is 0 Å². The average Bonchev–Trinajstić information content (AvgIpc) is 3.27. The maximum absolute atomic E-state index is 12.4. The van der Waals surface area contributed by atoms with Crippen LogP contribution in [0.15, 0.2) is 79.1 Å². The van der Waals surface area contributed by atoms with E-state index in [1.165, 1.54) is 0 Å². The van der Waals surface area contributed by atoms with Crippen LogP contribution in [0.25, 0.3) is 5.82 Å². The quantitative estimate of drug-likeness (QED) is 0.530. The Kier molecular flexibility index (Phi) is 5.07. The minimum Gasteiger partial charge on any atom is -0.438 e. The smallest absolute Gasteiger partial charge is 0.255 e. The van der Waals surface area contributed by atoms with E-state index in [1.807, 2.05) is 67.2 Å². The van der Waals surface area contributed by atoms with Crippen LogP contribution in [0, 0.1) is 13.8 Å². The van der Waals surface area contributed by atoms with E-state index in [0.29, 0.717) is 28.7 Å². The molecule has 4 aromatic rings. The van der Waals surface area contributed by atoms with Crippen LogP contribution in [-0.4, -0.2) is 20.7 Å². The molecule has 0 radical (unpaired) electrons. The van der Waals surface area contributed by atoms with E-state index in [1.54, 1.807) is 30.3 Å². The summed E-state index contributed by atoms with van der Waals surface area (Å²) in [7, 11) is 0. The van der Waals surface area contributed by atoms with Crippen molar-refractivity contribution in [2.24, 2.45) is 0 Å². The van der Waals surface area contributed by atoms with Crippen LogP contribution in [0.2, 0.25) is 0 Å². The average molecular weight is 384 g/mol. The van der Waals surface area contributed by atoms with Gasteiger partial charge in [-0.05, 0) is 79.6 Å². The lowest BCUT2D eigenvalue weighted by atomic mass is 10.1. The zero-order valence-corrected chi connectivity index (χ0v) is 16.2. The Morgan fingerprint density at radius 3 is 2.31 bits per heavy atom. The number of hydrogen-bond acceptors (Lipinski definition) is 4. The SMILES string of the molecule is Cc1ccc(C(=O)Nc2ccc(Oc3ccc(-n4cccc4)nn3)cc2)cc1C. The van der Waals surface area contributed by atoms with Crippen molar-refractivity contribution in [3.63, 3.8) is 0 Å². The first kappa shape index (κ1) is 18.4. The molecule has 2 aromatic carbocycles. The third-order valence-electron chi connectivity index (χ3n) is 4.60. The van der Waals surface area contributed by atoms with E-state index in [4.69, 9.17) is 4.74 Å². The summed E-state index contributed by atoms with van der Waals surface area (Å²) in [4.78, 5) is 12.4. The molecule has 0 aliphatic rings. The van der Waals surface area contributed by atoms with E-state index in [2.05, 4.69) is 15.5 Å². The Bertz CT molecular complexity index is 1120. The Hall–Kier alpha value is -3.93. The molecular formula is C23H20N4O2. The van der Waals surface area contributed by atoms with Crippen LogP contribution in [0.5, 0.6) is 11.6 Å². The first-order valence-electron chi connectivity index (χ1n) is 9.22. The Labute approximate surface area is 168 Å². The summed E-state index contributed by atoms with van der Waals surface area (Å²) in [5.41, 5.74) is 3.57. The standard InChI is InChI=1S/C23H20N4O2/c1-16-5-6-18(15-17(16)2)23(28)24-19-7-9-20(10-8-19)29-22-12-11-21(25-26-22)27-13-3-4-14-27/h3-15H,1-2H3,(H,24,28). The van der Waals surface area contributed by atoms with Gasteiger partial charge in [0.2, 0.25) is 5.88 Å². The van der Waals surface area contributed by atoms with Gasteiger partial charge in [0, 0.05) is 29.7 Å². The molecule has 0 atom stereocenters. The second kappa shape index (κ2) is 7.98. The van der Waals surface area contributed by atoms with Crippen molar-refractivity contribution in [1.29, 1.82) is 0 Å². The number of nitrogens with one attached hydrogen (secondary N) is 1. The van der Waals surface area contributed by atoms with Crippen molar-refractivity contribution in [3.8, 4) is 17.4 Å². The molecule has 0 aliphatic heterocycles. The molecule has 0 spiro atoms. The molecule has 2 heterocycles. The summed E-state index contributed by atoms with van der Waals surface area (Å²) < 4.78 is 7.59. The van der Waals surface area contributed by atoms with E-state index < -0.39 is 0 Å². The van der Waals surface area contributed by atoms with Gasteiger partial charge in [-0.2, -0.15) is 0 Å². The molecule has 144 valence electrons. The fraction of sp³-hybridized carbons (Fsp3) is 0.0870. The Balaban J connectivity index is 1.40. The number of benzene rings is 2. The van der Waals surface area contributed by atoms with Crippen molar-refractivity contribution >= 4 is 11.6 Å². The second-order valence-corrected chi connectivity index (χ2v) is 6.70. The van der Waals surface area contributed by atoms with Gasteiger partial charge in [-0.15, -0.1) is 10.2 Å². The number of nitrogens with zero attached hydrogens (tertiary/aromatic N) is 3. The maximum Gasteiger partial charge on any atom is 0.255 e. The normalized spacial score (nSPS) is 10.6. The predicted octanol–water partition coefficient (Wildman–Crippen LogP) is 4.93. The molecule has 0 unspecified atom stereocenters. The van der Waals surface area contributed by atoms with Crippen LogP contribution < -0.4 is 10.1 Å². The first-order chi connectivity index (χ1) is 14.1. The molecule has 6 heteroatoms. The molecular weight excluding hydrogens is 364 g/mol. The molecule has 1 N–H and O–H groups in total. The first-order valence-corrected chi connectivity index (χ1v) is 9.22. The minimum absolute atomic E-state index is 0.145. The summed E-state index contributed by atoms with van der Waals surface area (Å²) in [6, 6.07) is 20.2. The van der Waals surface area contributed by atoms with Gasteiger partial charge in [-0.1, -0.05) is 6.07 Å². The lowest BCUT2D eigenvalue weighted by molar-refractivity contribution is 0.102. The van der Waals surface area contributed by atoms with Crippen LogP contribution >= 0.6 is 0 Å². The van der Waals surface area contributed by atoms with Gasteiger partial charge < -0.3 is 14.6 Å². The molecule has 29 heavy (non-hydrogen) atoms. The van der Waals surface area contributed by atoms with Crippen molar-refractivity contribution in [3.05, 3.63) is 95.8 Å². The molecule has 6 nitrogen and oxygen atoms in total. The highest BCUT2D eigenvalue weighted by Crippen LogP contribution is 2.22. The van der Waals surface area contributed by atoms with Crippen LogP contribution in [0.4, 0.5) is 5.69 Å². The lowest BCUT2D eigenvalue weighted by Crippen LogP contribution is -2.12. The number of hydrogen-bond donors (Lipinski definition) is 1. The van der Waals surface area contributed by atoms with Gasteiger partial charge in [0.15, 0.2) is 5.82 Å². The number of amides is 1. The summed E-state index contributed by atoms with van der Waals surface area (Å²) in [5, 5.41) is 11.1. The summed E-state index contributed by atoms with van der Waals surface area (Å²) in [5.74, 6) is 1.57. The zero-order chi connectivity index (χ0) is 20.2. The number of ether oxygens (including phenoxy) is 1. The minimum atomic E-state index is -0.145. The summed E-state index contributed by atoms with van der Waals surface area (Å²) in [6.45, 7) is 4.01. The third-order valence-corrected chi connectivity index (χ3v) is 4.60. The Morgan fingerprint density at radius 1 is 0.897 bits per heavy atom. The highest BCUT2D eigenvalue weighted by molar-refractivity contribution is 6.04. The maximum atomic E-state index is 12.4. The molecule has 1 amide bonds. The summed E-state index contributed by atoms with van der Waals surface area (Å²) in [6.07, 6.45) is 3.80. The number of aryl methyl sites for hydroxylation is 2. The number of aromatic nitrogens is 3. The lowest BCUT2D eigenvalue weighted by Gasteiger charge is -2.09. The largest absolute Gasteiger partial charge is 0.438 e.